The molecular formula is C14H25NO3. The highest BCUT2D eigenvalue weighted by Gasteiger charge is 2.40. The average Bonchev–Trinajstić information content (AvgIpc) is 2.24. The first-order valence-electron chi connectivity index (χ1n) is 6.46. The van der Waals surface area contributed by atoms with Gasteiger partial charge in [-0.3, -0.25) is 0 Å². The molecule has 0 saturated carbocycles. The maximum atomic E-state index is 10.6. The molecule has 1 heterocycles. The highest BCUT2D eigenvalue weighted by atomic mass is 16.3. The van der Waals surface area contributed by atoms with E-state index in [1.165, 1.54) is 13.8 Å². The van der Waals surface area contributed by atoms with E-state index in [4.69, 9.17) is 0 Å². The van der Waals surface area contributed by atoms with Gasteiger partial charge in [-0.15, -0.1) is 0 Å². The van der Waals surface area contributed by atoms with Gasteiger partial charge in [0, 0.05) is 24.9 Å². The van der Waals surface area contributed by atoms with Gasteiger partial charge in [0.05, 0.1) is 6.10 Å². The smallest absolute Gasteiger partial charge is 0.148 e. The lowest BCUT2D eigenvalue weighted by atomic mass is 9.79. The lowest BCUT2D eigenvalue weighted by molar-refractivity contribution is -0.0370. The fraction of sp³-hybridized carbons (Fsp3) is 0.857. The van der Waals surface area contributed by atoms with Crippen molar-refractivity contribution in [1.82, 2.24) is 4.90 Å². The van der Waals surface area contributed by atoms with Crippen LogP contribution in [0.5, 0.6) is 0 Å². The topological polar surface area (TPSA) is 63.9 Å². The number of hydrogen-bond donors (Lipinski definition) is 3. The number of hydrogen-bond acceptors (Lipinski definition) is 4. The van der Waals surface area contributed by atoms with E-state index < -0.39 is 17.3 Å². The Kier molecular flexibility index (Phi) is 4.45. The Hall–Kier alpha value is -0.600. The minimum absolute atomic E-state index is 0.0102. The van der Waals surface area contributed by atoms with Crippen LogP contribution in [-0.2, 0) is 0 Å². The van der Waals surface area contributed by atoms with Gasteiger partial charge in [0.15, 0.2) is 0 Å². The first-order valence-corrected chi connectivity index (χ1v) is 6.46. The highest BCUT2D eigenvalue weighted by Crippen LogP contribution is 2.30. The number of likely N-dealkylation sites (tertiary alicyclic amines) is 1. The Morgan fingerprint density at radius 1 is 1.44 bits per heavy atom. The SMILES string of the molecule is CC1CC(O)(C#CC(C)(O)C(C)O)C(C)CN1C. The van der Waals surface area contributed by atoms with Crippen molar-refractivity contribution in [1.29, 1.82) is 0 Å². The molecule has 18 heavy (non-hydrogen) atoms. The van der Waals surface area contributed by atoms with Crippen LogP contribution in [0.3, 0.4) is 0 Å². The zero-order chi connectivity index (χ0) is 14.1. The predicted molar refractivity (Wildman–Crippen MR) is 70.9 cm³/mol. The molecule has 0 bridgehead atoms. The summed E-state index contributed by atoms with van der Waals surface area (Å²) < 4.78 is 0. The molecule has 0 spiro atoms. The molecule has 0 aromatic rings. The molecule has 5 unspecified atom stereocenters. The molecule has 4 heteroatoms. The maximum Gasteiger partial charge on any atom is 0.148 e. The van der Waals surface area contributed by atoms with Crippen molar-refractivity contribution in [2.45, 2.75) is 57.5 Å². The van der Waals surface area contributed by atoms with E-state index in [2.05, 4.69) is 16.7 Å². The second-order valence-electron chi connectivity index (χ2n) is 5.89. The number of aliphatic hydroxyl groups is 3. The maximum absolute atomic E-state index is 10.6. The van der Waals surface area contributed by atoms with Gasteiger partial charge in [-0.05, 0) is 27.8 Å². The van der Waals surface area contributed by atoms with E-state index in [0.717, 1.165) is 6.54 Å². The molecule has 0 radical (unpaired) electrons. The summed E-state index contributed by atoms with van der Waals surface area (Å²) in [7, 11) is 2.03. The van der Waals surface area contributed by atoms with Crippen molar-refractivity contribution in [2.24, 2.45) is 5.92 Å². The Labute approximate surface area is 110 Å². The fourth-order valence-electron chi connectivity index (χ4n) is 2.08. The van der Waals surface area contributed by atoms with E-state index in [1.807, 2.05) is 20.9 Å². The molecule has 1 aliphatic heterocycles. The molecule has 1 fully saturated rings. The Morgan fingerprint density at radius 3 is 2.50 bits per heavy atom. The summed E-state index contributed by atoms with van der Waals surface area (Å²) in [6.45, 7) is 7.71. The van der Waals surface area contributed by atoms with Crippen LogP contribution < -0.4 is 0 Å². The summed E-state index contributed by atoms with van der Waals surface area (Å²) in [6.07, 6.45) is -0.402. The minimum Gasteiger partial charge on any atom is -0.389 e. The van der Waals surface area contributed by atoms with Crippen molar-refractivity contribution in [3.63, 3.8) is 0 Å². The van der Waals surface area contributed by atoms with E-state index in [0.29, 0.717) is 6.42 Å². The van der Waals surface area contributed by atoms with Crippen molar-refractivity contribution in [3.8, 4) is 11.8 Å². The first kappa shape index (κ1) is 15.5. The number of nitrogens with zero attached hydrogens (tertiary/aromatic N) is 1. The predicted octanol–water partition coefficient (Wildman–Crippen LogP) is 0.213. The standard InChI is InChI=1S/C14H25NO3/c1-10-9-15(5)11(2)8-14(10,18)7-6-13(4,17)12(3)16/h10-12,16-18H,8-9H2,1-5H3. The Balaban J connectivity index is 2.91. The van der Waals surface area contributed by atoms with Gasteiger partial charge in [0.1, 0.15) is 11.2 Å². The summed E-state index contributed by atoms with van der Waals surface area (Å²) >= 11 is 0. The summed E-state index contributed by atoms with van der Waals surface area (Å²) in [4.78, 5) is 2.19. The summed E-state index contributed by atoms with van der Waals surface area (Å²) in [5, 5.41) is 29.9. The third-order valence-corrected chi connectivity index (χ3v) is 4.08. The lowest BCUT2D eigenvalue weighted by Gasteiger charge is -2.43. The Morgan fingerprint density at radius 2 is 2.00 bits per heavy atom. The fourth-order valence-corrected chi connectivity index (χ4v) is 2.08. The average molecular weight is 255 g/mol. The second-order valence-corrected chi connectivity index (χ2v) is 5.89. The quantitative estimate of drug-likeness (QED) is 0.586. The molecule has 5 atom stereocenters. The van der Waals surface area contributed by atoms with Crippen molar-refractivity contribution >= 4 is 0 Å². The van der Waals surface area contributed by atoms with E-state index in [-0.39, 0.29) is 12.0 Å². The van der Waals surface area contributed by atoms with Crippen molar-refractivity contribution < 1.29 is 15.3 Å². The third kappa shape index (κ3) is 3.24. The molecular weight excluding hydrogens is 230 g/mol. The molecule has 0 aromatic carbocycles. The van der Waals surface area contributed by atoms with Crippen LogP contribution in [0.1, 0.15) is 34.1 Å². The van der Waals surface area contributed by atoms with Gasteiger partial charge < -0.3 is 20.2 Å². The number of rotatable bonds is 1. The second kappa shape index (κ2) is 5.18. The van der Waals surface area contributed by atoms with Gasteiger partial charge in [-0.25, -0.2) is 0 Å². The molecule has 1 rings (SSSR count). The molecule has 1 saturated heterocycles. The van der Waals surface area contributed by atoms with Crippen LogP contribution in [-0.4, -0.2) is 57.2 Å². The molecule has 0 aliphatic carbocycles. The van der Waals surface area contributed by atoms with E-state index >= 15 is 0 Å². The molecule has 104 valence electrons. The molecule has 0 amide bonds. The lowest BCUT2D eigenvalue weighted by Crippen LogP contribution is -2.53. The molecule has 1 aliphatic rings. The summed E-state index contributed by atoms with van der Waals surface area (Å²) in [6, 6.07) is 0.247. The number of piperidine rings is 1. The van der Waals surface area contributed by atoms with Gasteiger partial charge in [0.25, 0.3) is 0 Å². The van der Waals surface area contributed by atoms with E-state index in [1.54, 1.807) is 0 Å². The van der Waals surface area contributed by atoms with Crippen molar-refractivity contribution in [2.75, 3.05) is 13.6 Å². The van der Waals surface area contributed by atoms with Gasteiger partial charge >= 0.3 is 0 Å². The third-order valence-electron chi connectivity index (χ3n) is 4.08. The van der Waals surface area contributed by atoms with Crippen LogP contribution in [0.15, 0.2) is 0 Å². The summed E-state index contributed by atoms with van der Waals surface area (Å²) in [5.74, 6) is 5.42. The monoisotopic (exact) mass is 255 g/mol. The van der Waals surface area contributed by atoms with Crippen molar-refractivity contribution in [3.05, 3.63) is 0 Å². The largest absolute Gasteiger partial charge is 0.389 e. The van der Waals surface area contributed by atoms with Crippen LogP contribution in [0.2, 0.25) is 0 Å². The number of aliphatic hydroxyl groups excluding tert-OH is 1. The minimum atomic E-state index is -1.48. The van der Waals surface area contributed by atoms with Crippen LogP contribution in [0, 0.1) is 17.8 Å². The summed E-state index contributed by atoms with van der Waals surface area (Å²) in [5.41, 5.74) is -2.58. The molecule has 3 N–H and O–H groups in total. The molecule has 0 aromatic heterocycles. The molecule has 4 nitrogen and oxygen atoms in total. The Bertz CT molecular complexity index is 356. The van der Waals surface area contributed by atoms with Gasteiger partial charge in [0.2, 0.25) is 0 Å². The first-order chi connectivity index (χ1) is 8.08. The zero-order valence-electron chi connectivity index (χ0n) is 11.9. The van der Waals surface area contributed by atoms with Gasteiger partial charge in [-0.1, -0.05) is 18.8 Å². The normalized spacial score (nSPS) is 38.4. The van der Waals surface area contributed by atoms with Gasteiger partial charge in [-0.2, -0.15) is 0 Å². The van der Waals surface area contributed by atoms with E-state index in [9.17, 15) is 15.3 Å². The van der Waals surface area contributed by atoms with Crippen LogP contribution in [0.4, 0.5) is 0 Å². The highest BCUT2D eigenvalue weighted by molar-refractivity contribution is 5.24. The zero-order valence-corrected chi connectivity index (χ0v) is 11.9. The van der Waals surface area contributed by atoms with Crippen LogP contribution >= 0.6 is 0 Å². The van der Waals surface area contributed by atoms with Crippen LogP contribution in [0.25, 0.3) is 0 Å².